The Morgan fingerprint density at radius 3 is 2.62 bits per heavy atom. The maximum Gasteiger partial charge on any atom is 0.245 e. The van der Waals surface area contributed by atoms with Crippen molar-refractivity contribution in [1.82, 2.24) is 19.6 Å². The fraction of sp³-hybridized carbons (Fsp3) is 0.364. The van der Waals surface area contributed by atoms with Crippen LogP contribution in [-0.4, -0.2) is 44.4 Å². The summed E-state index contributed by atoms with van der Waals surface area (Å²) in [4.78, 5) is 31.6. The number of aromatic nitrogens is 3. The second-order valence-electron chi connectivity index (χ2n) is 7.70. The van der Waals surface area contributed by atoms with Gasteiger partial charge in [-0.05, 0) is 31.4 Å². The summed E-state index contributed by atoms with van der Waals surface area (Å²) in [5, 5.41) is 4.11. The van der Waals surface area contributed by atoms with Gasteiger partial charge in [0.1, 0.15) is 6.04 Å². The van der Waals surface area contributed by atoms with E-state index in [0.717, 1.165) is 18.4 Å². The SMILES string of the molecule is O=C1CC[C@@H](C(=O)N2CCC(c3nc(-c4ccccc4)no3)CC2)n2cccc21. The van der Waals surface area contributed by atoms with Crippen molar-refractivity contribution < 1.29 is 14.1 Å². The Bertz CT molecular complexity index is 1030. The predicted octanol–water partition coefficient (Wildman–Crippen LogP) is 3.46. The van der Waals surface area contributed by atoms with Gasteiger partial charge in [-0.2, -0.15) is 4.98 Å². The van der Waals surface area contributed by atoms with Crippen LogP contribution in [0.5, 0.6) is 0 Å². The van der Waals surface area contributed by atoms with Gasteiger partial charge < -0.3 is 14.0 Å². The van der Waals surface area contributed by atoms with Gasteiger partial charge in [0, 0.05) is 37.2 Å². The molecule has 1 saturated heterocycles. The Balaban J connectivity index is 1.25. The number of hydrogen-bond donors (Lipinski definition) is 0. The van der Waals surface area contributed by atoms with E-state index in [1.54, 1.807) is 6.07 Å². The first-order chi connectivity index (χ1) is 14.2. The Morgan fingerprint density at radius 1 is 1.03 bits per heavy atom. The summed E-state index contributed by atoms with van der Waals surface area (Å²) in [5.41, 5.74) is 1.58. The zero-order valence-corrected chi connectivity index (χ0v) is 16.0. The number of benzene rings is 1. The number of hydrogen-bond acceptors (Lipinski definition) is 5. The van der Waals surface area contributed by atoms with Crippen LogP contribution in [-0.2, 0) is 4.79 Å². The number of rotatable bonds is 3. The summed E-state index contributed by atoms with van der Waals surface area (Å²) in [7, 11) is 0. The normalized spacial score (nSPS) is 19.9. The molecule has 0 spiro atoms. The van der Waals surface area contributed by atoms with Gasteiger partial charge in [-0.25, -0.2) is 0 Å². The first-order valence-electron chi connectivity index (χ1n) is 10.1. The lowest BCUT2D eigenvalue weighted by atomic mass is 9.95. The molecule has 3 aromatic rings. The molecule has 0 aliphatic carbocycles. The molecule has 1 fully saturated rings. The van der Waals surface area contributed by atoms with Crippen LogP contribution < -0.4 is 0 Å². The average molecular weight is 390 g/mol. The van der Waals surface area contributed by atoms with E-state index >= 15 is 0 Å². The molecule has 0 N–H and O–H groups in total. The molecule has 0 unspecified atom stereocenters. The highest BCUT2D eigenvalue weighted by atomic mass is 16.5. The van der Waals surface area contributed by atoms with Gasteiger partial charge in [-0.3, -0.25) is 9.59 Å². The van der Waals surface area contributed by atoms with Crippen molar-refractivity contribution in [2.24, 2.45) is 0 Å². The van der Waals surface area contributed by atoms with Crippen LogP contribution in [0.2, 0.25) is 0 Å². The predicted molar refractivity (Wildman–Crippen MR) is 105 cm³/mol. The van der Waals surface area contributed by atoms with E-state index in [1.807, 2.05) is 52.1 Å². The Labute approximate surface area is 168 Å². The minimum Gasteiger partial charge on any atom is -0.341 e. The van der Waals surface area contributed by atoms with Crippen LogP contribution in [0, 0.1) is 0 Å². The van der Waals surface area contributed by atoms with E-state index < -0.39 is 0 Å². The van der Waals surface area contributed by atoms with Crippen LogP contribution >= 0.6 is 0 Å². The Hall–Kier alpha value is -3.22. The fourth-order valence-electron chi connectivity index (χ4n) is 4.34. The topological polar surface area (TPSA) is 81.2 Å². The molecular weight excluding hydrogens is 368 g/mol. The van der Waals surface area contributed by atoms with Gasteiger partial charge >= 0.3 is 0 Å². The van der Waals surface area contributed by atoms with Gasteiger partial charge in [0.2, 0.25) is 17.6 Å². The monoisotopic (exact) mass is 390 g/mol. The minimum atomic E-state index is -0.276. The fourth-order valence-corrected chi connectivity index (χ4v) is 4.34. The highest BCUT2D eigenvalue weighted by molar-refractivity contribution is 5.97. The summed E-state index contributed by atoms with van der Waals surface area (Å²) >= 11 is 0. The number of carbonyl (C=O) groups excluding carboxylic acids is 2. The lowest BCUT2D eigenvalue weighted by Gasteiger charge is -2.35. The summed E-state index contributed by atoms with van der Waals surface area (Å²) in [5.74, 6) is 1.63. The van der Waals surface area contributed by atoms with Gasteiger partial charge in [0.05, 0.1) is 5.69 Å². The van der Waals surface area contributed by atoms with Gasteiger partial charge in [-0.15, -0.1) is 0 Å². The first-order valence-corrected chi connectivity index (χ1v) is 10.1. The Morgan fingerprint density at radius 2 is 1.83 bits per heavy atom. The second kappa shape index (κ2) is 7.31. The van der Waals surface area contributed by atoms with Crippen molar-refractivity contribution in [2.75, 3.05) is 13.1 Å². The number of amides is 1. The summed E-state index contributed by atoms with van der Waals surface area (Å²) in [6.45, 7) is 1.32. The van der Waals surface area contributed by atoms with Crippen molar-refractivity contribution >= 4 is 11.7 Å². The standard InChI is InChI=1S/C22H22N4O3/c27-19-9-8-18(26-12-4-7-17(19)26)22(28)25-13-10-16(11-14-25)21-23-20(24-29-21)15-5-2-1-3-6-15/h1-7,12,16,18H,8-11,13-14H2/t18-/m0/s1. The molecule has 7 nitrogen and oxygen atoms in total. The molecule has 29 heavy (non-hydrogen) atoms. The lowest BCUT2D eigenvalue weighted by Crippen LogP contribution is -2.43. The van der Waals surface area contributed by atoms with E-state index in [0.29, 0.717) is 43.3 Å². The number of fused-ring (bicyclic) bond motifs is 1. The molecule has 0 saturated carbocycles. The minimum absolute atomic E-state index is 0.101. The quantitative estimate of drug-likeness (QED) is 0.684. The van der Waals surface area contributed by atoms with E-state index in [2.05, 4.69) is 10.1 Å². The molecule has 5 rings (SSSR count). The van der Waals surface area contributed by atoms with Crippen molar-refractivity contribution in [3.63, 3.8) is 0 Å². The smallest absolute Gasteiger partial charge is 0.245 e. The molecule has 148 valence electrons. The maximum atomic E-state index is 13.1. The molecule has 0 bridgehead atoms. The lowest BCUT2D eigenvalue weighted by molar-refractivity contribution is -0.136. The molecule has 4 heterocycles. The summed E-state index contributed by atoms with van der Waals surface area (Å²) in [6.07, 6.45) is 4.44. The summed E-state index contributed by atoms with van der Waals surface area (Å²) in [6, 6.07) is 13.1. The Kier molecular flexibility index (Phi) is 4.50. The molecule has 2 aliphatic rings. The largest absolute Gasteiger partial charge is 0.341 e. The van der Waals surface area contributed by atoms with Gasteiger partial charge in [-0.1, -0.05) is 35.5 Å². The van der Waals surface area contributed by atoms with Crippen molar-refractivity contribution in [3.8, 4) is 11.4 Å². The second-order valence-corrected chi connectivity index (χ2v) is 7.70. The van der Waals surface area contributed by atoms with Crippen molar-refractivity contribution in [1.29, 1.82) is 0 Å². The zero-order valence-electron chi connectivity index (χ0n) is 16.0. The molecule has 1 amide bonds. The third-order valence-corrected chi connectivity index (χ3v) is 5.96. The van der Waals surface area contributed by atoms with Gasteiger partial charge in [0.25, 0.3) is 0 Å². The third-order valence-electron chi connectivity index (χ3n) is 5.96. The number of likely N-dealkylation sites (tertiary alicyclic amines) is 1. The van der Waals surface area contributed by atoms with Crippen LogP contribution in [0.15, 0.2) is 53.2 Å². The molecular formula is C22H22N4O3. The van der Waals surface area contributed by atoms with E-state index in [4.69, 9.17) is 4.52 Å². The van der Waals surface area contributed by atoms with Gasteiger partial charge in [0.15, 0.2) is 5.78 Å². The molecule has 2 aliphatic heterocycles. The van der Waals surface area contributed by atoms with Crippen LogP contribution in [0.3, 0.4) is 0 Å². The average Bonchev–Trinajstić information content (AvgIpc) is 3.45. The number of ketones is 1. The van der Waals surface area contributed by atoms with Crippen LogP contribution in [0.4, 0.5) is 0 Å². The van der Waals surface area contributed by atoms with E-state index in [-0.39, 0.29) is 23.7 Å². The van der Waals surface area contributed by atoms with Crippen LogP contribution in [0.1, 0.15) is 54.0 Å². The highest BCUT2D eigenvalue weighted by Gasteiger charge is 2.35. The molecule has 7 heteroatoms. The maximum absolute atomic E-state index is 13.1. The van der Waals surface area contributed by atoms with E-state index in [9.17, 15) is 9.59 Å². The van der Waals surface area contributed by atoms with Crippen molar-refractivity contribution in [2.45, 2.75) is 37.6 Å². The number of nitrogens with zero attached hydrogens (tertiary/aromatic N) is 4. The van der Waals surface area contributed by atoms with E-state index in [1.165, 1.54) is 0 Å². The van der Waals surface area contributed by atoms with Crippen molar-refractivity contribution in [3.05, 3.63) is 60.2 Å². The first kappa shape index (κ1) is 17.8. The number of piperidine rings is 1. The molecule has 1 atom stereocenters. The molecule has 0 radical (unpaired) electrons. The zero-order chi connectivity index (χ0) is 19.8. The number of carbonyl (C=O) groups is 2. The molecule has 1 aromatic carbocycles. The molecule has 2 aromatic heterocycles. The van der Waals surface area contributed by atoms with Crippen LogP contribution in [0.25, 0.3) is 11.4 Å². The number of Topliss-reactive ketones (excluding diaryl/α,β-unsaturated/α-hetero) is 1. The summed E-state index contributed by atoms with van der Waals surface area (Å²) < 4.78 is 7.35. The highest BCUT2D eigenvalue weighted by Crippen LogP contribution is 2.32. The third kappa shape index (κ3) is 3.26.